The molecule has 438 valence electrons. The zero-order valence-electron chi connectivity index (χ0n) is 50.7. The number of ether oxygens (including phenoxy) is 1. The summed E-state index contributed by atoms with van der Waals surface area (Å²) in [6.07, 6.45) is 0. The van der Waals surface area contributed by atoms with Gasteiger partial charge in [-0.05, 0) is 160 Å². The van der Waals surface area contributed by atoms with Crippen LogP contribution in [0.5, 0.6) is 11.5 Å². The van der Waals surface area contributed by atoms with Crippen LogP contribution < -0.4 is 62.0 Å². The van der Waals surface area contributed by atoms with Crippen LogP contribution in [0.25, 0.3) is 40.3 Å². The molecule has 4 aliphatic heterocycles. The Morgan fingerprint density at radius 3 is 1.43 bits per heavy atom. The van der Waals surface area contributed by atoms with E-state index in [4.69, 9.17) is 4.74 Å². The summed E-state index contributed by atoms with van der Waals surface area (Å²) in [6.45, 7) is -0.384. The molecule has 0 spiro atoms. The molecule has 4 aliphatic rings. The van der Waals surface area contributed by atoms with E-state index in [0.29, 0.717) is 0 Å². The maximum Gasteiger partial charge on any atom is 0.256 e. The molecule has 6 heterocycles. The zero-order valence-corrected chi connectivity index (χ0v) is 52.3. The van der Waals surface area contributed by atoms with Gasteiger partial charge in [-0.2, -0.15) is 0 Å². The van der Waals surface area contributed by atoms with Crippen LogP contribution in [0.2, 0.25) is 0 Å². The van der Waals surface area contributed by atoms with Crippen molar-refractivity contribution < 1.29 is 4.74 Å². The van der Waals surface area contributed by atoms with Gasteiger partial charge in [0, 0.05) is 104 Å². The second-order valence-electron chi connectivity index (χ2n) is 24.7. The highest BCUT2D eigenvalue weighted by Crippen LogP contribution is 2.54. The van der Waals surface area contributed by atoms with Crippen molar-refractivity contribution in [1.29, 1.82) is 0 Å². The van der Waals surface area contributed by atoms with Gasteiger partial charge in [-0.25, -0.2) is 0 Å². The summed E-state index contributed by atoms with van der Waals surface area (Å²) in [7, 11) is 0. The van der Waals surface area contributed by atoms with Gasteiger partial charge in [0.1, 0.15) is 11.5 Å². The van der Waals surface area contributed by atoms with Gasteiger partial charge in [0.25, 0.3) is 13.4 Å². The van der Waals surface area contributed by atoms with Crippen molar-refractivity contribution in [2.24, 2.45) is 0 Å². The number of hydrogen-bond acceptors (Lipinski definition) is 8. The highest BCUT2D eigenvalue weighted by molar-refractivity contribution is 7.26. The molecular weight excluding hydrogens is 1180 g/mol. The van der Waals surface area contributed by atoms with E-state index in [9.17, 15) is 0 Å². The Kier molecular flexibility index (Phi) is 11.9. The van der Waals surface area contributed by atoms with Gasteiger partial charge in [-0.1, -0.05) is 188 Å². The average Bonchev–Trinajstić information content (AvgIpc) is 0.776. The third-order valence-electron chi connectivity index (χ3n) is 19.6. The number of anilines is 15. The molecule has 94 heavy (non-hydrogen) atoms. The van der Waals surface area contributed by atoms with E-state index in [2.05, 4.69) is 346 Å². The molecule has 14 aromatic carbocycles. The monoisotopic (exact) mass is 1230 g/mol. The maximum absolute atomic E-state index is 7.40. The van der Waals surface area contributed by atoms with Gasteiger partial charge in [0.2, 0.25) is 0 Å². The predicted molar refractivity (Wildman–Crippen MR) is 401 cm³/mol. The molecule has 0 saturated carbocycles. The van der Waals surface area contributed by atoms with Gasteiger partial charge in [0.15, 0.2) is 0 Å². The van der Waals surface area contributed by atoms with Crippen LogP contribution in [-0.2, 0) is 0 Å². The number of fused-ring (bicyclic) bond motifs is 14. The van der Waals surface area contributed by atoms with Crippen LogP contribution in [0.15, 0.2) is 322 Å². The fourth-order valence-electron chi connectivity index (χ4n) is 15.8. The molecule has 16 aromatic rings. The topological polar surface area (TPSA) is 25.4 Å². The van der Waals surface area contributed by atoms with Crippen molar-refractivity contribution in [3.63, 3.8) is 0 Å². The fraction of sp³-hybridized carbons (Fsp3) is 0. The lowest BCUT2D eigenvalue weighted by Crippen LogP contribution is -2.64. The van der Waals surface area contributed by atoms with Crippen molar-refractivity contribution in [2.75, 3.05) is 24.5 Å². The first kappa shape index (κ1) is 53.1. The Hall–Kier alpha value is -11.6. The molecule has 20 rings (SSSR count). The van der Waals surface area contributed by atoms with Crippen LogP contribution in [-0.4, -0.2) is 13.4 Å². The number of rotatable bonds is 9. The van der Waals surface area contributed by atoms with Crippen molar-refractivity contribution in [2.45, 2.75) is 0 Å². The number of para-hydroxylation sites is 7. The molecular formula is C84H53B2N5OS2. The predicted octanol–water partition coefficient (Wildman–Crippen LogP) is 19.8. The van der Waals surface area contributed by atoms with E-state index >= 15 is 0 Å². The molecule has 0 unspecified atom stereocenters. The van der Waals surface area contributed by atoms with Gasteiger partial charge >= 0.3 is 0 Å². The number of benzene rings is 14. The first-order chi connectivity index (χ1) is 46.7. The average molecular weight is 1230 g/mol. The summed E-state index contributed by atoms with van der Waals surface area (Å²) in [4.78, 5) is 12.6. The molecule has 0 atom stereocenters. The highest BCUT2D eigenvalue weighted by atomic mass is 32.1. The SMILES string of the molecule is c1ccc(N(c2ccccc2)c2cc3c4c(c2)N(c2cccc5sc6ccccc6c25)c2ccccc2B4c2cc4c(cc2N3c2ccccc2)N(c2ccccc2)c2cc(N(c3ccccc3)c3cccc5c3sc3ccccc35)cc3c2B4c2ccccc2O3)cc1. The van der Waals surface area contributed by atoms with Gasteiger partial charge < -0.3 is 29.2 Å². The molecule has 0 aliphatic carbocycles. The lowest BCUT2D eigenvalue weighted by molar-refractivity contribution is 0.487. The Morgan fingerprint density at radius 1 is 0.277 bits per heavy atom. The molecule has 0 bridgehead atoms. The van der Waals surface area contributed by atoms with Crippen molar-refractivity contribution in [3.05, 3.63) is 322 Å². The van der Waals surface area contributed by atoms with E-state index in [1.54, 1.807) is 0 Å². The van der Waals surface area contributed by atoms with Crippen LogP contribution >= 0.6 is 22.7 Å². The second-order valence-corrected chi connectivity index (χ2v) is 26.8. The van der Waals surface area contributed by atoms with Gasteiger partial charge in [0.05, 0.1) is 27.4 Å². The minimum absolute atomic E-state index is 0.188. The van der Waals surface area contributed by atoms with Gasteiger partial charge in [-0.15, -0.1) is 22.7 Å². The van der Waals surface area contributed by atoms with E-state index in [0.717, 1.165) is 108 Å². The summed E-state index contributed by atoms with van der Waals surface area (Å²) < 4.78 is 12.4. The standard InChI is InChI=1S/C84H53B2N5OS2/c1-6-26-54(27-7-1)87(55-28-8-2-9-29-55)59-48-73-82-74(49-59)91(69-42-25-47-80-81(69)63-37-17-23-46-79(63)93-80)68-41-20-18-39-64(68)85(82)66-52-67-72(53-71(66)89(73)57-32-12-4-13-33-57)90(58-34-14-5-15-35-58)75-50-60(51-77-83(75)86(67)65-40-19-21-44-76(65)92-77)88(56-30-10-3-11-31-56)70-43-24-38-62-61-36-16-22-45-78(61)94-84(62)70/h1-53H. The third-order valence-corrected chi connectivity index (χ3v) is 21.9. The first-order valence-corrected chi connectivity index (χ1v) is 33.8. The summed E-state index contributed by atoms with van der Waals surface area (Å²) in [5.74, 6) is 1.70. The third kappa shape index (κ3) is 7.97. The Balaban J connectivity index is 0.888. The van der Waals surface area contributed by atoms with Crippen molar-refractivity contribution in [3.8, 4) is 11.5 Å². The molecule has 0 saturated heterocycles. The summed E-state index contributed by atoms with van der Waals surface area (Å²) in [5.41, 5.74) is 23.6. The number of nitrogens with zero attached hydrogens (tertiary/aromatic N) is 5. The largest absolute Gasteiger partial charge is 0.458 e. The molecule has 0 fully saturated rings. The van der Waals surface area contributed by atoms with Crippen LogP contribution in [0.3, 0.4) is 0 Å². The normalized spacial score (nSPS) is 13.1. The highest BCUT2D eigenvalue weighted by Gasteiger charge is 2.49. The minimum atomic E-state index is -0.195. The zero-order chi connectivity index (χ0) is 61.5. The summed E-state index contributed by atoms with van der Waals surface area (Å²) >= 11 is 3.72. The van der Waals surface area contributed by atoms with E-state index < -0.39 is 0 Å². The van der Waals surface area contributed by atoms with E-state index in [1.807, 2.05) is 22.7 Å². The number of hydrogen-bond donors (Lipinski definition) is 0. The van der Waals surface area contributed by atoms with E-state index in [1.165, 1.54) is 62.2 Å². The Labute approximate surface area is 553 Å². The van der Waals surface area contributed by atoms with Crippen LogP contribution in [0, 0.1) is 0 Å². The minimum Gasteiger partial charge on any atom is -0.458 e. The Bertz CT molecular complexity index is 5690. The lowest BCUT2D eigenvalue weighted by atomic mass is 9.30. The Morgan fingerprint density at radius 2 is 0.755 bits per heavy atom. The molecule has 6 nitrogen and oxygen atoms in total. The first-order valence-electron chi connectivity index (χ1n) is 32.1. The van der Waals surface area contributed by atoms with Crippen molar-refractivity contribution >= 4 is 195 Å². The summed E-state index contributed by atoms with van der Waals surface area (Å²) in [5, 5.41) is 5.02. The molecule has 0 radical (unpaired) electrons. The van der Waals surface area contributed by atoms with Crippen LogP contribution in [0.4, 0.5) is 85.3 Å². The second kappa shape index (κ2) is 21.0. The summed E-state index contributed by atoms with van der Waals surface area (Å²) in [6, 6.07) is 119. The molecule has 10 heteroatoms. The molecule has 0 amide bonds. The molecule has 0 N–H and O–H groups in total. The van der Waals surface area contributed by atoms with Gasteiger partial charge in [-0.3, -0.25) is 0 Å². The maximum atomic E-state index is 7.40. The smallest absolute Gasteiger partial charge is 0.256 e. The quantitative estimate of drug-likeness (QED) is 0.134. The lowest BCUT2D eigenvalue weighted by Gasteiger charge is -2.47. The van der Waals surface area contributed by atoms with Crippen molar-refractivity contribution in [1.82, 2.24) is 0 Å². The fourth-order valence-corrected chi connectivity index (χ4v) is 18.1. The van der Waals surface area contributed by atoms with Crippen LogP contribution in [0.1, 0.15) is 0 Å². The molecule has 2 aromatic heterocycles. The number of thiophene rings is 2. The van der Waals surface area contributed by atoms with E-state index in [-0.39, 0.29) is 13.4 Å².